The lowest BCUT2D eigenvalue weighted by Gasteiger charge is -2.07. The van der Waals surface area contributed by atoms with Crippen LogP contribution in [0.3, 0.4) is 0 Å². The van der Waals surface area contributed by atoms with Gasteiger partial charge in [0.15, 0.2) is 0 Å². The van der Waals surface area contributed by atoms with Crippen LogP contribution in [0.4, 0.5) is 0 Å². The van der Waals surface area contributed by atoms with Gasteiger partial charge < -0.3 is 9.47 Å². The van der Waals surface area contributed by atoms with Crippen molar-refractivity contribution < 1.29 is 14.3 Å². The second-order valence-corrected chi connectivity index (χ2v) is 3.26. The number of ether oxygens (including phenoxy) is 2. The molecule has 0 aromatic heterocycles. The molecule has 0 N–H and O–H groups in total. The molecule has 1 atom stereocenters. The monoisotopic (exact) mass is 192 g/mol. The number of rotatable bonds is 2. The van der Waals surface area contributed by atoms with E-state index in [0.717, 1.165) is 17.7 Å². The van der Waals surface area contributed by atoms with Crippen molar-refractivity contribution in [3.05, 3.63) is 29.3 Å². The fourth-order valence-corrected chi connectivity index (χ4v) is 1.68. The third-order valence-electron chi connectivity index (χ3n) is 2.45. The SMILES string of the molecule is CCC1OC(=O)c2ccc(OC)cc21. The highest BCUT2D eigenvalue weighted by Gasteiger charge is 2.29. The van der Waals surface area contributed by atoms with Gasteiger partial charge in [-0.05, 0) is 24.6 Å². The summed E-state index contributed by atoms with van der Waals surface area (Å²) in [6.45, 7) is 1.99. The Morgan fingerprint density at radius 2 is 2.29 bits per heavy atom. The molecule has 0 radical (unpaired) electrons. The molecule has 1 aromatic carbocycles. The second kappa shape index (κ2) is 3.33. The van der Waals surface area contributed by atoms with Crippen molar-refractivity contribution in [2.45, 2.75) is 19.4 Å². The molecule has 0 fully saturated rings. The normalized spacial score (nSPS) is 19.0. The quantitative estimate of drug-likeness (QED) is 0.674. The topological polar surface area (TPSA) is 35.5 Å². The fraction of sp³-hybridized carbons (Fsp3) is 0.364. The Morgan fingerprint density at radius 3 is 2.93 bits per heavy atom. The first-order valence-corrected chi connectivity index (χ1v) is 4.65. The van der Waals surface area contributed by atoms with Crippen LogP contribution in [0.5, 0.6) is 5.75 Å². The van der Waals surface area contributed by atoms with Gasteiger partial charge >= 0.3 is 5.97 Å². The smallest absolute Gasteiger partial charge is 0.339 e. The van der Waals surface area contributed by atoms with Crippen molar-refractivity contribution in [2.75, 3.05) is 7.11 Å². The lowest BCUT2D eigenvalue weighted by molar-refractivity contribution is 0.0378. The Balaban J connectivity index is 2.47. The van der Waals surface area contributed by atoms with Crippen LogP contribution < -0.4 is 4.74 Å². The lowest BCUT2D eigenvalue weighted by Crippen LogP contribution is -1.96. The fourth-order valence-electron chi connectivity index (χ4n) is 1.68. The Labute approximate surface area is 82.6 Å². The number of methoxy groups -OCH3 is 1. The van der Waals surface area contributed by atoms with Gasteiger partial charge in [0, 0.05) is 5.56 Å². The predicted octanol–water partition coefficient (Wildman–Crippen LogP) is 2.32. The summed E-state index contributed by atoms with van der Waals surface area (Å²) in [5, 5.41) is 0. The highest BCUT2D eigenvalue weighted by atomic mass is 16.5. The van der Waals surface area contributed by atoms with Crippen molar-refractivity contribution in [1.29, 1.82) is 0 Å². The zero-order valence-corrected chi connectivity index (χ0v) is 8.24. The van der Waals surface area contributed by atoms with E-state index < -0.39 is 0 Å². The van der Waals surface area contributed by atoms with E-state index in [4.69, 9.17) is 9.47 Å². The zero-order chi connectivity index (χ0) is 10.1. The Hall–Kier alpha value is -1.51. The number of hydrogen-bond donors (Lipinski definition) is 0. The molecule has 3 heteroatoms. The number of cyclic esters (lactones) is 1. The maximum atomic E-state index is 11.4. The van der Waals surface area contributed by atoms with Gasteiger partial charge in [0.25, 0.3) is 0 Å². The van der Waals surface area contributed by atoms with Crippen LogP contribution >= 0.6 is 0 Å². The maximum absolute atomic E-state index is 11.4. The summed E-state index contributed by atoms with van der Waals surface area (Å²) in [7, 11) is 1.61. The first-order valence-electron chi connectivity index (χ1n) is 4.65. The van der Waals surface area contributed by atoms with Crippen molar-refractivity contribution in [3.63, 3.8) is 0 Å². The number of benzene rings is 1. The summed E-state index contributed by atoms with van der Waals surface area (Å²) < 4.78 is 10.3. The van der Waals surface area contributed by atoms with E-state index in [-0.39, 0.29) is 12.1 Å². The van der Waals surface area contributed by atoms with Gasteiger partial charge in [-0.1, -0.05) is 6.92 Å². The third-order valence-corrected chi connectivity index (χ3v) is 2.45. The molecule has 0 amide bonds. The number of fused-ring (bicyclic) bond motifs is 1. The third kappa shape index (κ3) is 1.25. The molecular weight excluding hydrogens is 180 g/mol. The van der Waals surface area contributed by atoms with Crippen LogP contribution in [0.25, 0.3) is 0 Å². The molecule has 74 valence electrons. The van der Waals surface area contributed by atoms with Gasteiger partial charge in [0.05, 0.1) is 12.7 Å². The lowest BCUT2D eigenvalue weighted by atomic mass is 10.0. The molecule has 0 bridgehead atoms. The molecular formula is C11H12O3. The van der Waals surface area contributed by atoms with E-state index >= 15 is 0 Å². The standard InChI is InChI=1S/C11H12O3/c1-3-10-9-6-7(13-2)4-5-8(9)11(12)14-10/h4-6,10H,3H2,1-2H3. The van der Waals surface area contributed by atoms with Crippen LogP contribution in [0.1, 0.15) is 35.4 Å². The molecule has 1 aliphatic rings. The minimum Gasteiger partial charge on any atom is -0.497 e. The molecule has 3 nitrogen and oxygen atoms in total. The van der Waals surface area contributed by atoms with Crippen molar-refractivity contribution in [1.82, 2.24) is 0 Å². The van der Waals surface area contributed by atoms with Crippen molar-refractivity contribution in [3.8, 4) is 5.75 Å². The minimum absolute atomic E-state index is 0.104. The molecule has 0 saturated heterocycles. The number of carbonyl (C=O) groups is 1. The van der Waals surface area contributed by atoms with Crippen LogP contribution in [0.15, 0.2) is 18.2 Å². The number of hydrogen-bond acceptors (Lipinski definition) is 3. The highest BCUT2D eigenvalue weighted by Crippen LogP contribution is 2.34. The predicted molar refractivity (Wildman–Crippen MR) is 51.4 cm³/mol. The van der Waals surface area contributed by atoms with Gasteiger partial charge in [0.1, 0.15) is 11.9 Å². The Bertz CT molecular complexity index is 371. The minimum atomic E-state index is -0.227. The van der Waals surface area contributed by atoms with E-state index in [9.17, 15) is 4.79 Å². The molecule has 14 heavy (non-hydrogen) atoms. The van der Waals surface area contributed by atoms with Crippen molar-refractivity contribution in [2.24, 2.45) is 0 Å². The summed E-state index contributed by atoms with van der Waals surface area (Å²) in [5.74, 6) is 0.537. The van der Waals surface area contributed by atoms with E-state index in [1.165, 1.54) is 0 Å². The average Bonchev–Trinajstić information content (AvgIpc) is 2.55. The molecule has 0 saturated carbocycles. The molecule has 1 heterocycles. The van der Waals surface area contributed by atoms with E-state index in [1.807, 2.05) is 13.0 Å². The largest absolute Gasteiger partial charge is 0.497 e. The molecule has 1 aromatic rings. The molecule has 2 rings (SSSR count). The first-order chi connectivity index (χ1) is 6.76. The summed E-state index contributed by atoms with van der Waals surface area (Å²) >= 11 is 0. The van der Waals surface area contributed by atoms with Gasteiger partial charge in [-0.3, -0.25) is 0 Å². The maximum Gasteiger partial charge on any atom is 0.339 e. The Morgan fingerprint density at radius 1 is 1.50 bits per heavy atom. The molecule has 0 aliphatic carbocycles. The van der Waals surface area contributed by atoms with E-state index in [0.29, 0.717) is 5.56 Å². The van der Waals surface area contributed by atoms with E-state index in [1.54, 1.807) is 19.2 Å². The van der Waals surface area contributed by atoms with E-state index in [2.05, 4.69) is 0 Å². The molecule has 1 unspecified atom stereocenters. The highest BCUT2D eigenvalue weighted by molar-refractivity contribution is 5.94. The van der Waals surface area contributed by atoms with Crippen LogP contribution in [0.2, 0.25) is 0 Å². The van der Waals surface area contributed by atoms with Crippen LogP contribution in [0, 0.1) is 0 Å². The summed E-state index contributed by atoms with van der Waals surface area (Å²) in [5.41, 5.74) is 1.61. The van der Waals surface area contributed by atoms with Gasteiger partial charge in [-0.25, -0.2) is 4.79 Å². The van der Waals surface area contributed by atoms with Crippen LogP contribution in [-0.4, -0.2) is 13.1 Å². The average molecular weight is 192 g/mol. The molecule has 0 spiro atoms. The van der Waals surface area contributed by atoms with Gasteiger partial charge in [0.2, 0.25) is 0 Å². The second-order valence-electron chi connectivity index (χ2n) is 3.26. The van der Waals surface area contributed by atoms with Crippen LogP contribution in [-0.2, 0) is 4.74 Å². The zero-order valence-electron chi connectivity index (χ0n) is 8.24. The van der Waals surface area contributed by atoms with Crippen molar-refractivity contribution >= 4 is 5.97 Å². The first kappa shape index (κ1) is 9.06. The number of esters is 1. The van der Waals surface area contributed by atoms with Gasteiger partial charge in [-0.2, -0.15) is 0 Å². The summed E-state index contributed by atoms with van der Waals surface area (Å²) in [6.07, 6.45) is 0.693. The summed E-state index contributed by atoms with van der Waals surface area (Å²) in [4.78, 5) is 11.4. The summed E-state index contributed by atoms with van der Waals surface area (Å²) in [6, 6.07) is 5.40. The Kier molecular flexibility index (Phi) is 2.15. The molecule has 1 aliphatic heterocycles. The van der Waals surface area contributed by atoms with Gasteiger partial charge in [-0.15, -0.1) is 0 Å². The number of carbonyl (C=O) groups excluding carboxylic acids is 1.